The Morgan fingerprint density at radius 3 is 3.05 bits per heavy atom. The second-order valence-electron chi connectivity index (χ2n) is 6.29. The van der Waals surface area contributed by atoms with Crippen molar-refractivity contribution in [1.29, 1.82) is 0 Å². The third-order valence-electron chi connectivity index (χ3n) is 4.63. The van der Waals surface area contributed by atoms with E-state index in [-0.39, 0.29) is 5.78 Å². The van der Waals surface area contributed by atoms with Crippen LogP contribution >= 0.6 is 0 Å². The zero-order valence-corrected chi connectivity index (χ0v) is 12.4. The second kappa shape index (κ2) is 5.57. The molecular formula is C17H23NO2. The number of rotatable bonds is 3. The number of piperidine rings is 1. The Hall–Kier alpha value is -1.35. The van der Waals surface area contributed by atoms with Gasteiger partial charge >= 0.3 is 0 Å². The van der Waals surface area contributed by atoms with Gasteiger partial charge in [-0.05, 0) is 56.0 Å². The molecule has 1 saturated heterocycles. The molecular weight excluding hydrogens is 250 g/mol. The summed E-state index contributed by atoms with van der Waals surface area (Å²) in [5.74, 6) is 1.97. The van der Waals surface area contributed by atoms with E-state index >= 15 is 0 Å². The molecule has 0 N–H and O–H groups in total. The third-order valence-corrected chi connectivity index (χ3v) is 4.63. The molecule has 3 rings (SSSR count). The maximum Gasteiger partial charge on any atom is 0.176 e. The molecule has 0 aromatic heterocycles. The van der Waals surface area contributed by atoms with Crippen molar-refractivity contribution in [2.45, 2.75) is 39.2 Å². The highest BCUT2D eigenvalue weighted by molar-refractivity contribution is 5.98. The predicted molar refractivity (Wildman–Crippen MR) is 79.4 cm³/mol. The second-order valence-corrected chi connectivity index (χ2v) is 6.29. The molecule has 108 valence electrons. The molecule has 3 heteroatoms. The number of hydrogen-bond donors (Lipinski definition) is 0. The van der Waals surface area contributed by atoms with Crippen LogP contribution in [0.25, 0.3) is 0 Å². The van der Waals surface area contributed by atoms with Crippen LogP contribution < -0.4 is 4.74 Å². The zero-order valence-electron chi connectivity index (χ0n) is 12.4. The Balaban J connectivity index is 1.67. The summed E-state index contributed by atoms with van der Waals surface area (Å²) in [4.78, 5) is 14.8. The van der Waals surface area contributed by atoms with Gasteiger partial charge in [0.05, 0.1) is 13.2 Å². The van der Waals surface area contributed by atoms with E-state index in [2.05, 4.69) is 18.7 Å². The maximum atomic E-state index is 12.5. The van der Waals surface area contributed by atoms with E-state index in [1.807, 2.05) is 18.2 Å². The molecule has 2 heterocycles. The molecule has 0 bridgehead atoms. The Morgan fingerprint density at radius 1 is 1.40 bits per heavy atom. The first-order chi connectivity index (χ1) is 9.63. The summed E-state index contributed by atoms with van der Waals surface area (Å²) >= 11 is 0. The van der Waals surface area contributed by atoms with Crippen molar-refractivity contribution in [3.05, 3.63) is 29.3 Å². The van der Waals surface area contributed by atoms with Crippen molar-refractivity contribution in [3.8, 4) is 5.75 Å². The normalized spacial score (nSPS) is 26.1. The Kier molecular flexibility index (Phi) is 3.79. The number of carbonyl (C=O) groups excluding carboxylic acids is 1. The maximum absolute atomic E-state index is 12.5. The fraction of sp³-hybridized carbons (Fsp3) is 0.588. The summed E-state index contributed by atoms with van der Waals surface area (Å²) in [6.07, 6.45) is 3.33. The van der Waals surface area contributed by atoms with Crippen molar-refractivity contribution in [2.75, 3.05) is 19.7 Å². The first-order valence-corrected chi connectivity index (χ1v) is 7.66. The number of likely N-dealkylation sites (tertiary alicyclic amines) is 1. The van der Waals surface area contributed by atoms with Gasteiger partial charge in [-0.3, -0.25) is 9.69 Å². The van der Waals surface area contributed by atoms with Crippen LogP contribution in [-0.2, 0) is 6.42 Å². The summed E-state index contributed by atoms with van der Waals surface area (Å²) in [5.41, 5.74) is 2.01. The molecule has 2 aliphatic rings. The standard InChI is InChI=1S/C17H23NO2/c1-12-5-7-18(13(2)9-12)11-16(19)14-3-4-17-15(10-14)6-8-20-17/h3-4,10,12-13H,5-9,11H2,1-2H3. The van der Waals surface area contributed by atoms with Crippen LogP contribution in [0, 0.1) is 5.92 Å². The van der Waals surface area contributed by atoms with Gasteiger partial charge in [-0.25, -0.2) is 0 Å². The number of ether oxygens (including phenoxy) is 1. The van der Waals surface area contributed by atoms with Crippen LogP contribution in [0.2, 0.25) is 0 Å². The predicted octanol–water partition coefficient (Wildman–Crippen LogP) is 2.92. The van der Waals surface area contributed by atoms with Crippen LogP contribution in [-0.4, -0.2) is 36.4 Å². The first-order valence-electron chi connectivity index (χ1n) is 7.66. The lowest BCUT2D eigenvalue weighted by Gasteiger charge is -2.35. The highest BCUT2D eigenvalue weighted by Crippen LogP contribution is 2.27. The van der Waals surface area contributed by atoms with Crippen LogP contribution in [0.5, 0.6) is 5.75 Å². The summed E-state index contributed by atoms with van der Waals surface area (Å²) in [6, 6.07) is 6.38. The van der Waals surface area contributed by atoms with Gasteiger partial charge in [0.2, 0.25) is 0 Å². The van der Waals surface area contributed by atoms with Gasteiger partial charge in [0.25, 0.3) is 0 Å². The average molecular weight is 273 g/mol. The van der Waals surface area contributed by atoms with E-state index < -0.39 is 0 Å². The van der Waals surface area contributed by atoms with Gasteiger partial charge in [-0.2, -0.15) is 0 Å². The Bertz CT molecular complexity index is 512. The first kappa shape index (κ1) is 13.6. The lowest BCUT2D eigenvalue weighted by atomic mass is 9.93. The van der Waals surface area contributed by atoms with Crippen LogP contribution in [0.4, 0.5) is 0 Å². The van der Waals surface area contributed by atoms with Crippen molar-refractivity contribution in [2.24, 2.45) is 5.92 Å². The smallest absolute Gasteiger partial charge is 0.176 e. The van der Waals surface area contributed by atoms with E-state index in [9.17, 15) is 4.79 Å². The number of ketones is 1. The summed E-state index contributed by atoms with van der Waals surface area (Å²) in [7, 11) is 0. The fourth-order valence-corrected chi connectivity index (χ4v) is 3.33. The van der Waals surface area contributed by atoms with Gasteiger partial charge in [0.15, 0.2) is 5.78 Å². The molecule has 3 nitrogen and oxygen atoms in total. The quantitative estimate of drug-likeness (QED) is 0.793. The van der Waals surface area contributed by atoms with Crippen LogP contribution in [0.15, 0.2) is 18.2 Å². The molecule has 0 amide bonds. The minimum absolute atomic E-state index is 0.237. The molecule has 0 saturated carbocycles. The lowest BCUT2D eigenvalue weighted by Crippen LogP contribution is -2.43. The molecule has 1 aromatic carbocycles. The molecule has 2 aliphatic heterocycles. The van der Waals surface area contributed by atoms with E-state index in [1.165, 1.54) is 18.4 Å². The lowest BCUT2D eigenvalue weighted by molar-refractivity contribution is 0.0816. The van der Waals surface area contributed by atoms with E-state index in [4.69, 9.17) is 4.74 Å². The monoisotopic (exact) mass is 273 g/mol. The minimum atomic E-state index is 0.237. The summed E-state index contributed by atoms with van der Waals surface area (Å²) in [5, 5.41) is 0. The van der Waals surface area contributed by atoms with Crippen molar-refractivity contribution in [1.82, 2.24) is 4.90 Å². The highest BCUT2D eigenvalue weighted by atomic mass is 16.5. The molecule has 0 aliphatic carbocycles. The molecule has 2 atom stereocenters. The highest BCUT2D eigenvalue weighted by Gasteiger charge is 2.25. The topological polar surface area (TPSA) is 29.5 Å². The Labute approximate surface area is 120 Å². The van der Waals surface area contributed by atoms with Crippen LogP contribution in [0.1, 0.15) is 42.6 Å². The number of carbonyl (C=O) groups is 1. The van der Waals surface area contributed by atoms with Gasteiger partial charge in [-0.15, -0.1) is 0 Å². The van der Waals surface area contributed by atoms with Crippen LogP contribution in [0.3, 0.4) is 0 Å². The molecule has 20 heavy (non-hydrogen) atoms. The molecule has 1 aromatic rings. The largest absolute Gasteiger partial charge is 0.493 e. The zero-order chi connectivity index (χ0) is 14.1. The van der Waals surface area contributed by atoms with Gasteiger partial charge in [-0.1, -0.05) is 6.92 Å². The Morgan fingerprint density at radius 2 is 2.25 bits per heavy atom. The molecule has 1 fully saturated rings. The summed E-state index contributed by atoms with van der Waals surface area (Å²) < 4.78 is 5.49. The number of fused-ring (bicyclic) bond motifs is 1. The summed E-state index contributed by atoms with van der Waals surface area (Å²) in [6.45, 7) is 6.87. The third kappa shape index (κ3) is 2.73. The van der Waals surface area contributed by atoms with Gasteiger partial charge in [0.1, 0.15) is 5.75 Å². The van der Waals surface area contributed by atoms with Gasteiger partial charge < -0.3 is 4.74 Å². The van der Waals surface area contributed by atoms with Gasteiger partial charge in [0, 0.05) is 18.0 Å². The minimum Gasteiger partial charge on any atom is -0.493 e. The van der Waals surface area contributed by atoms with E-state index in [1.54, 1.807) is 0 Å². The molecule has 0 spiro atoms. The number of nitrogens with zero attached hydrogens (tertiary/aromatic N) is 1. The molecule has 2 unspecified atom stereocenters. The average Bonchev–Trinajstić information content (AvgIpc) is 2.89. The van der Waals surface area contributed by atoms with Crippen molar-refractivity contribution >= 4 is 5.78 Å². The van der Waals surface area contributed by atoms with Crippen molar-refractivity contribution < 1.29 is 9.53 Å². The number of hydrogen-bond acceptors (Lipinski definition) is 3. The van der Waals surface area contributed by atoms with E-state index in [0.717, 1.165) is 36.8 Å². The SMILES string of the molecule is CC1CCN(CC(=O)c2ccc3c(c2)CCO3)C(C)C1. The van der Waals surface area contributed by atoms with Crippen molar-refractivity contribution in [3.63, 3.8) is 0 Å². The number of Topliss-reactive ketones (excluding diaryl/α,β-unsaturated/α-hetero) is 1. The fourth-order valence-electron chi connectivity index (χ4n) is 3.33. The molecule has 0 radical (unpaired) electrons. The number of benzene rings is 1. The van der Waals surface area contributed by atoms with E-state index in [0.29, 0.717) is 12.6 Å².